The number of rotatable bonds is 4. The maximum Gasteiger partial charge on any atom is 0.182 e. The molecule has 5 heteroatoms. The molecule has 1 aromatic carbocycles. The van der Waals surface area contributed by atoms with Gasteiger partial charge in [-0.05, 0) is 12.1 Å². The average Bonchev–Trinajstić information content (AvgIpc) is 2.35. The number of ether oxygens (including phenoxy) is 1. The van der Waals surface area contributed by atoms with E-state index in [0.717, 1.165) is 0 Å². The number of carbonyl (C=O) groups is 2. The second-order valence-electron chi connectivity index (χ2n) is 2.89. The van der Waals surface area contributed by atoms with Crippen molar-refractivity contribution < 1.29 is 14.3 Å². The smallest absolute Gasteiger partial charge is 0.182 e. The van der Waals surface area contributed by atoms with Gasteiger partial charge in [0.1, 0.15) is 11.8 Å². The van der Waals surface area contributed by atoms with E-state index in [-0.39, 0.29) is 28.3 Å². The van der Waals surface area contributed by atoms with Gasteiger partial charge >= 0.3 is 0 Å². The lowest BCUT2D eigenvalue weighted by molar-refractivity contribution is 0.101. The van der Waals surface area contributed by atoms with E-state index in [2.05, 4.69) is 0 Å². The van der Waals surface area contributed by atoms with Crippen LogP contribution in [0.1, 0.15) is 26.3 Å². The van der Waals surface area contributed by atoms with Crippen molar-refractivity contribution in [2.75, 3.05) is 13.0 Å². The summed E-state index contributed by atoms with van der Waals surface area (Å²) >= 11 is 5.44. The lowest BCUT2D eigenvalue weighted by Gasteiger charge is -2.09. The van der Waals surface area contributed by atoms with Gasteiger partial charge in [-0.1, -0.05) is 0 Å². The zero-order valence-electron chi connectivity index (χ0n) is 8.49. The van der Waals surface area contributed by atoms with Crippen molar-refractivity contribution in [1.82, 2.24) is 0 Å². The van der Waals surface area contributed by atoms with E-state index in [9.17, 15) is 9.59 Å². The van der Waals surface area contributed by atoms with Crippen LogP contribution < -0.4 is 4.74 Å². The topological polar surface area (TPSA) is 67.2 Å². The van der Waals surface area contributed by atoms with Gasteiger partial charge in [0.15, 0.2) is 12.1 Å². The molecule has 82 valence electrons. The van der Waals surface area contributed by atoms with Gasteiger partial charge in [-0.15, -0.1) is 11.6 Å². The Morgan fingerprint density at radius 1 is 1.62 bits per heavy atom. The number of nitriles is 1. The number of aldehydes is 1. The molecule has 0 saturated heterocycles. The highest BCUT2D eigenvalue weighted by molar-refractivity contribution is 6.31. The number of Topliss-reactive ketones (excluding diaryl/α,β-unsaturated/α-hetero) is 1. The van der Waals surface area contributed by atoms with E-state index in [0.29, 0.717) is 6.29 Å². The molecule has 0 unspecified atom stereocenters. The molecule has 0 aliphatic heterocycles. The zero-order chi connectivity index (χ0) is 12.1. The van der Waals surface area contributed by atoms with Crippen LogP contribution in [0.2, 0.25) is 0 Å². The molecule has 0 saturated carbocycles. The van der Waals surface area contributed by atoms with Crippen LogP contribution in [-0.4, -0.2) is 25.1 Å². The maximum absolute atomic E-state index is 11.6. The first-order valence-corrected chi connectivity index (χ1v) is 4.88. The summed E-state index contributed by atoms with van der Waals surface area (Å²) in [5.41, 5.74) is 0.210. The highest BCUT2D eigenvalue weighted by Gasteiger charge is 2.19. The zero-order valence-corrected chi connectivity index (χ0v) is 9.25. The standard InChI is InChI=1S/C11H8ClNO3/c1-16-10-3-2-7(6-14)8(5-13)11(10)9(15)4-12/h2-3,6H,4H2,1H3. The van der Waals surface area contributed by atoms with Gasteiger partial charge in [0.2, 0.25) is 0 Å². The largest absolute Gasteiger partial charge is 0.496 e. The minimum atomic E-state index is -0.446. The molecular formula is C11H8ClNO3. The van der Waals surface area contributed by atoms with Crippen molar-refractivity contribution in [2.24, 2.45) is 0 Å². The van der Waals surface area contributed by atoms with E-state index in [4.69, 9.17) is 21.6 Å². The van der Waals surface area contributed by atoms with E-state index in [1.807, 2.05) is 6.07 Å². The SMILES string of the molecule is COc1ccc(C=O)c(C#N)c1C(=O)CCl. The van der Waals surface area contributed by atoms with Gasteiger partial charge in [-0.3, -0.25) is 9.59 Å². The predicted molar refractivity (Wildman–Crippen MR) is 58.1 cm³/mol. The predicted octanol–water partition coefficient (Wildman–Crippen LogP) is 1.80. The van der Waals surface area contributed by atoms with Gasteiger partial charge in [0.25, 0.3) is 0 Å². The molecule has 0 N–H and O–H groups in total. The lowest BCUT2D eigenvalue weighted by Crippen LogP contribution is -2.08. The average molecular weight is 238 g/mol. The molecular weight excluding hydrogens is 230 g/mol. The normalized spacial score (nSPS) is 9.31. The number of ketones is 1. The Balaban J connectivity index is 3.56. The summed E-state index contributed by atoms with van der Waals surface area (Å²) in [5.74, 6) is -0.473. The molecule has 0 aliphatic carbocycles. The van der Waals surface area contributed by atoms with Crippen molar-refractivity contribution in [3.05, 3.63) is 28.8 Å². The number of hydrogen-bond donors (Lipinski definition) is 0. The number of benzene rings is 1. The molecule has 0 aliphatic rings. The Labute approximate surface area is 97.4 Å². The van der Waals surface area contributed by atoms with Crippen LogP contribution in [0.5, 0.6) is 5.75 Å². The first-order valence-electron chi connectivity index (χ1n) is 4.35. The number of alkyl halides is 1. The minimum Gasteiger partial charge on any atom is -0.496 e. The van der Waals surface area contributed by atoms with Gasteiger partial charge in [-0.25, -0.2) is 0 Å². The van der Waals surface area contributed by atoms with Crippen LogP contribution in [0.25, 0.3) is 0 Å². The number of nitrogens with zero attached hydrogens (tertiary/aromatic N) is 1. The molecule has 0 amide bonds. The van der Waals surface area contributed by atoms with E-state index in [1.54, 1.807) is 0 Å². The fourth-order valence-corrected chi connectivity index (χ4v) is 1.47. The number of hydrogen-bond acceptors (Lipinski definition) is 4. The summed E-state index contributed by atoms with van der Waals surface area (Å²) in [6.07, 6.45) is 0.517. The number of carbonyl (C=O) groups excluding carboxylic acids is 2. The third-order valence-electron chi connectivity index (χ3n) is 2.06. The number of methoxy groups -OCH3 is 1. The quantitative estimate of drug-likeness (QED) is 0.455. The monoisotopic (exact) mass is 237 g/mol. The second kappa shape index (κ2) is 5.29. The van der Waals surface area contributed by atoms with Crippen LogP contribution in [0.15, 0.2) is 12.1 Å². The molecule has 0 spiro atoms. The Kier molecular flexibility index (Phi) is 4.03. The molecule has 0 aromatic heterocycles. The fraction of sp³-hybridized carbons (Fsp3) is 0.182. The van der Waals surface area contributed by atoms with E-state index >= 15 is 0 Å². The van der Waals surface area contributed by atoms with Crippen LogP contribution in [0, 0.1) is 11.3 Å². The lowest BCUT2D eigenvalue weighted by atomic mass is 9.99. The van der Waals surface area contributed by atoms with Crippen molar-refractivity contribution in [3.63, 3.8) is 0 Å². The van der Waals surface area contributed by atoms with E-state index < -0.39 is 5.78 Å². The fourth-order valence-electron chi connectivity index (χ4n) is 1.33. The van der Waals surface area contributed by atoms with Gasteiger partial charge in [-0.2, -0.15) is 5.26 Å². The van der Waals surface area contributed by atoms with Crippen molar-refractivity contribution >= 4 is 23.7 Å². The maximum atomic E-state index is 11.6. The van der Waals surface area contributed by atoms with Crippen LogP contribution in [-0.2, 0) is 0 Å². The summed E-state index contributed by atoms with van der Waals surface area (Å²) in [7, 11) is 1.38. The number of halogens is 1. The molecule has 0 bridgehead atoms. The summed E-state index contributed by atoms with van der Waals surface area (Å²) in [4.78, 5) is 22.3. The van der Waals surface area contributed by atoms with E-state index in [1.165, 1.54) is 19.2 Å². The Bertz CT molecular complexity index is 477. The Morgan fingerprint density at radius 3 is 2.75 bits per heavy atom. The summed E-state index contributed by atoms with van der Waals surface area (Å²) in [6, 6.07) is 4.70. The van der Waals surface area contributed by atoms with Gasteiger partial charge < -0.3 is 4.74 Å². The molecule has 0 fully saturated rings. The summed E-state index contributed by atoms with van der Waals surface area (Å²) in [6.45, 7) is 0. The molecule has 4 nitrogen and oxygen atoms in total. The molecule has 16 heavy (non-hydrogen) atoms. The second-order valence-corrected chi connectivity index (χ2v) is 3.16. The molecule has 0 heterocycles. The highest BCUT2D eigenvalue weighted by atomic mass is 35.5. The third-order valence-corrected chi connectivity index (χ3v) is 2.30. The van der Waals surface area contributed by atoms with Gasteiger partial charge in [0.05, 0.1) is 24.1 Å². The Morgan fingerprint density at radius 2 is 2.31 bits per heavy atom. The van der Waals surface area contributed by atoms with Crippen LogP contribution in [0.3, 0.4) is 0 Å². The molecule has 1 rings (SSSR count). The summed E-state index contributed by atoms with van der Waals surface area (Å²) < 4.78 is 4.96. The molecule has 0 radical (unpaired) electrons. The molecule has 0 atom stereocenters. The minimum absolute atomic E-state index is 0.000000000000000444. The third kappa shape index (κ3) is 2.05. The molecule has 1 aromatic rings. The van der Waals surface area contributed by atoms with Gasteiger partial charge in [0, 0.05) is 5.56 Å². The van der Waals surface area contributed by atoms with Crippen molar-refractivity contribution in [1.29, 1.82) is 5.26 Å². The van der Waals surface area contributed by atoms with Crippen molar-refractivity contribution in [2.45, 2.75) is 0 Å². The Hall–Kier alpha value is -1.86. The van der Waals surface area contributed by atoms with Crippen LogP contribution >= 0.6 is 11.6 Å². The summed E-state index contributed by atoms with van der Waals surface area (Å²) in [5, 5.41) is 8.93. The van der Waals surface area contributed by atoms with Crippen molar-refractivity contribution in [3.8, 4) is 11.8 Å². The first kappa shape index (κ1) is 12.2. The highest BCUT2D eigenvalue weighted by Crippen LogP contribution is 2.25. The first-order chi connectivity index (χ1) is 7.69. The van der Waals surface area contributed by atoms with Crippen LogP contribution in [0.4, 0.5) is 0 Å².